The number of nitrogens with one attached hydrogen (secondary N) is 1. The number of halogens is 2. The monoisotopic (exact) mass is 368 g/mol. The van der Waals surface area contributed by atoms with Crippen LogP contribution < -0.4 is 14.8 Å². The molecule has 1 aromatic heterocycles. The molecule has 26 heavy (non-hydrogen) atoms. The highest BCUT2D eigenvalue weighted by molar-refractivity contribution is 5.83. The zero-order valence-corrected chi connectivity index (χ0v) is 15.1. The van der Waals surface area contributed by atoms with E-state index in [2.05, 4.69) is 15.2 Å². The van der Waals surface area contributed by atoms with Gasteiger partial charge in [-0.05, 0) is 24.7 Å². The molecule has 7 nitrogen and oxygen atoms in total. The van der Waals surface area contributed by atoms with Gasteiger partial charge in [0.1, 0.15) is 6.04 Å². The molecule has 1 amide bonds. The summed E-state index contributed by atoms with van der Waals surface area (Å²) in [5.41, 5.74) is 1.38. The third kappa shape index (κ3) is 4.69. The summed E-state index contributed by atoms with van der Waals surface area (Å²) >= 11 is 0. The number of hydrogen-bond acceptors (Lipinski definition) is 5. The molecule has 1 atom stereocenters. The second kappa shape index (κ2) is 8.61. The largest absolute Gasteiger partial charge is 0.493 e. The van der Waals surface area contributed by atoms with E-state index in [9.17, 15) is 13.6 Å². The van der Waals surface area contributed by atoms with Crippen LogP contribution in [0.2, 0.25) is 0 Å². The normalized spacial score (nSPS) is 12.1. The highest BCUT2D eigenvalue weighted by Gasteiger charge is 2.24. The average Bonchev–Trinajstić information content (AvgIpc) is 3.01. The predicted molar refractivity (Wildman–Crippen MR) is 91.1 cm³/mol. The van der Waals surface area contributed by atoms with Crippen molar-refractivity contribution in [3.05, 3.63) is 41.7 Å². The van der Waals surface area contributed by atoms with Gasteiger partial charge in [-0.2, -0.15) is 13.9 Å². The number of carbonyl (C=O) groups is 1. The van der Waals surface area contributed by atoms with Gasteiger partial charge in [-0.25, -0.2) is 0 Å². The minimum absolute atomic E-state index is 0.0710. The molecule has 2 rings (SSSR count). The fourth-order valence-corrected chi connectivity index (χ4v) is 2.60. The third-order valence-corrected chi connectivity index (χ3v) is 3.83. The van der Waals surface area contributed by atoms with Gasteiger partial charge in [0.15, 0.2) is 11.5 Å². The van der Waals surface area contributed by atoms with Crippen molar-refractivity contribution in [3.8, 4) is 11.5 Å². The van der Waals surface area contributed by atoms with Gasteiger partial charge in [0.05, 0.1) is 13.3 Å². The van der Waals surface area contributed by atoms with Gasteiger partial charge >= 0.3 is 6.61 Å². The summed E-state index contributed by atoms with van der Waals surface area (Å²) in [5.74, 6) is -0.0441. The fourth-order valence-electron chi connectivity index (χ4n) is 2.60. The summed E-state index contributed by atoms with van der Waals surface area (Å²) in [6, 6.07) is 4.11. The molecule has 0 bridgehead atoms. The minimum atomic E-state index is -2.96. The van der Waals surface area contributed by atoms with E-state index in [1.54, 1.807) is 44.3 Å². The number of benzene rings is 1. The SMILES string of the molecule is CNC(C(=O)N(C)Cc1ccc(OC)c(OC(F)F)c1)c1cnn(C)c1. The van der Waals surface area contributed by atoms with Crippen molar-refractivity contribution in [2.45, 2.75) is 19.2 Å². The highest BCUT2D eigenvalue weighted by Crippen LogP contribution is 2.30. The summed E-state index contributed by atoms with van der Waals surface area (Å²) < 4.78 is 36.2. The molecular weight excluding hydrogens is 346 g/mol. The van der Waals surface area contributed by atoms with Crippen molar-refractivity contribution in [1.82, 2.24) is 20.0 Å². The Morgan fingerprint density at radius 1 is 1.38 bits per heavy atom. The quantitative estimate of drug-likeness (QED) is 0.771. The maximum absolute atomic E-state index is 12.7. The minimum Gasteiger partial charge on any atom is -0.493 e. The van der Waals surface area contributed by atoms with E-state index in [0.29, 0.717) is 5.56 Å². The first kappa shape index (κ1) is 19.6. The lowest BCUT2D eigenvalue weighted by molar-refractivity contribution is -0.132. The van der Waals surface area contributed by atoms with Crippen LogP contribution in [0.4, 0.5) is 8.78 Å². The maximum Gasteiger partial charge on any atom is 0.387 e. The number of alkyl halides is 2. The molecule has 0 fully saturated rings. The topological polar surface area (TPSA) is 68.6 Å². The van der Waals surface area contributed by atoms with Crippen LogP contribution in [0.1, 0.15) is 17.2 Å². The fraction of sp³-hybridized carbons (Fsp3) is 0.412. The van der Waals surface area contributed by atoms with Crippen molar-refractivity contribution >= 4 is 5.91 Å². The van der Waals surface area contributed by atoms with Gasteiger partial charge in [-0.3, -0.25) is 9.48 Å². The van der Waals surface area contributed by atoms with E-state index in [1.807, 2.05) is 0 Å². The molecule has 0 spiro atoms. The number of amides is 1. The summed E-state index contributed by atoms with van der Waals surface area (Å²) in [6.07, 6.45) is 3.38. The van der Waals surface area contributed by atoms with E-state index in [4.69, 9.17) is 4.74 Å². The lowest BCUT2D eigenvalue weighted by atomic mass is 10.1. The molecule has 9 heteroatoms. The van der Waals surface area contributed by atoms with Gasteiger partial charge in [0.25, 0.3) is 0 Å². The van der Waals surface area contributed by atoms with Crippen LogP contribution >= 0.6 is 0 Å². The van der Waals surface area contributed by atoms with Crippen LogP contribution in [0.25, 0.3) is 0 Å². The van der Waals surface area contributed by atoms with E-state index in [1.165, 1.54) is 24.1 Å². The van der Waals surface area contributed by atoms with Gasteiger partial charge in [-0.1, -0.05) is 6.07 Å². The van der Waals surface area contributed by atoms with Crippen LogP contribution in [0.15, 0.2) is 30.6 Å². The molecule has 0 saturated carbocycles. The lowest BCUT2D eigenvalue weighted by Gasteiger charge is -2.23. The first-order chi connectivity index (χ1) is 12.3. The van der Waals surface area contributed by atoms with E-state index >= 15 is 0 Å². The summed E-state index contributed by atoms with van der Waals surface area (Å²) in [6.45, 7) is -2.74. The Morgan fingerprint density at radius 2 is 2.12 bits per heavy atom. The highest BCUT2D eigenvalue weighted by atomic mass is 19.3. The Bertz CT molecular complexity index is 751. The smallest absolute Gasteiger partial charge is 0.387 e. The van der Waals surface area contributed by atoms with Crippen LogP contribution in [0.3, 0.4) is 0 Å². The first-order valence-corrected chi connectivity index (χ1v) is 7.88. The standard InChI is InChI=1S/C17H22F2N4O3/c1-20-15(12-8-21-23(3)10-12)16(24)22(2)9-11-5-6-13(25-4)14(7-11)26-17(18)19/h5-8,10,15,17,20H,9H2,1-4H3. The van der Waals surface area contributed by atoms with Crippen molar-refractivity contribution in [3.63, 3.8) is 0 Å². The zero-order chi connectivity index (χ0) is 19.3. The number of aryl methyl sites for hydroxylation is 1. The van der Waals surface area contributed by atoms with Crippen molar-refractivity contribution < 1.29 is 23.0 Å². The average molecular weight is 368 g/mol. The Balaban J connectivity index is 2.15. The predicted octanol–water partition coefficient (Wildman–Crippen LogP) is 1.95. The third-order valence-electron chi connectivity index (χ3n) is 3.83. The number of aromatic nitrogens is 2. The van der Waals surface area contributed by atoms with Gasteiger partial charge in [-0.15, -0.1) is 0 Å². The molecular formula is C17H22F2N4O3. The van der Waals surface area contributed by atoms with E-state index < -0.39 is 12.7 Å². The number of hydrogen-bond donors (Lipinski definition) is 1. The molecule has 0 aliphatic carbocycles. The molecule has 2 aromatic rings. The van der Waals surface area contributed by atoms with Crippen molar-refractivity contribution in [2.75, 3.05) is 21.2 Å². The Hall–Kier alpha value is -2.68. The number of ether oxygens (including phenoxy) is 2. The maximum atomic E-state index is 12.7. The summed E-state index contributed by atoms with van der Waals surface area (Å²) in [7, 11) is 6.47. The van der Waals surface area contributed by atoms with E-state index in [-0.39, 0.29) is 24.0 Å². The molecule has 0 aliphatic heterocycles. The Kier molecular flexibility index (Phi) is 6.51. The zero-order valence-electron chi connectivity index (χ0n) is 15.1. The molecule has 0 aliphatic rings. The number of carbonyl (C=O) groups excluding carboxylic acids is 1. The number of methoxy groups -OCH3 is 1. The molecule has 1 heterocycles. The summed E-state index contributed by atoms with van der Waals surface area (Å²) in [5, 5.41) is 7.04. The van der Waals surface area contributed by atoms with Crippen LogP contribution in [-0.2, 0) is 18.4 Å². The second-order valence-corrected chi connectivity index (χ2v) is 5.73. The van der Waals surface area contributed by atoms with Gasteiger partial charge in [0.2, 0.25) is 5.91 Å². The van der Waals surface area contributed by atoms with Gasteiger partial charge < -0.3 is 19.7 Å². The molecule has 0 saturated heterocycles. The summed E-state index contributed by atoms with van der Waals surface area (Å²) in [4.78, 5) is 14.2. The van der Waals surface area contributed by atoms with Crippen LogP contribution in [-0.4, -0.2) is 48.4 Å². The molecule has 142 valence electrons. The van der Waals surface area contributed by atoms with E-state index in [0.717, 1.165) is 5.56 Å². The number of nitrogens with zero attached hydrogens (tertiary/aromatic N) is 3. The number of rotatable bonds is 8. The Labute approximate surface area is 150 Å². The van der Waals surface area contributed by atoms with Crippen molar-refractivity contribution in [2.24, 2.45) is 7.05 Å². The molecule has 1 N–H and O–H groups in total. The molecule has 1 aromatic carbocycles. The molecule has 1 unspecified atom stereocenters. The molecule has 0 radical (unpaired) electrons. The first-order valence-electron chi connectivity index (χ1n) is 7.88. The van der Waals surface area contributed by atoms with Crippen LogP contribution in [0, 0.1) is 0 Å². The van der Waals surface area contributed by atoms with Crippen molar-refractivity contribution in [1.29, 1.82) is 0 Å². The Morgan fingerprint density at radius 3 is 2.65 bits per heavy atom. The second-order valence-electron chi connectivity index (χ2n) is 5.73. The van der Waals surface area contributed by atoms with Gasteiger partial charge in [0, 0.05) is 32.4 Å². The lowest BCUT2D eigenvalue weighted by Crippen LogP contribution is -2.37. The van der Waals surface area contributed by atoms with Crippen LogP contribution in [0.5, 0.6) is 11.5 Å². The number of likely N-dealkylation sites (N-methyl/N-ethyl adjacent to an activating group) is 2.